The Kier molecular flexibility index (Phi) is 5.08. The van der Waals surface area contributed by atoms with Crippen molar-refractivity contribution in [3.05, 3.63) is 42.0 Å². The Morgan fingerprint density at radius 3 is 2.54 bits per heavy atom. The van der Waals surface area contributed by atoms with Gasteiger partial charge in [-0.2, -0.15) is 0 Å². The monoisotopic (exact) mass is 480 g/mol. The number of rotatable bonds is 3. The van der Waals surface area contributed by atoms with E-state index in [1.165, 1.54) is 6.08 Å². The van der Waals surface area contributed by atoms with Gasteiger partial charge in [0.15, 0.2) is 0 Å². The molecule has 7 unspecified atom stereocenters. The molecule has 2 saturated carbocycles. The maximum absolute atomic E-state index is 13.1. The van der Waals surface area contributed by atoms with E-state index in [0.29, 0.717) is 19.4 Å². The molecule has 3 heterocycles. The van der Waals surface area contributed by atoms with Crippen molar-refractivity contribution in [2.45, 2.75) is 88.6 Å². The number of fused-ring (bicyclic) bond motifs is 4. The molecular weight excluding hydrogens is 444 g/mol. The lowest BCUT2D eigenvalue weighted by molar-refractivity contribution is -0.317. The second kappa shape index (κ2) is 7.66. The molecule has 2 spiro atoms. The van der Waals surface area contributed by atoms with Gasteiger partial charge in [-0.15, -0.1) is 0 Å². The van der Waals surface area contributed by atoms with Crippen LogP contribution in [0.15, 0.2) is 36.4 Å². The highest BCUT2D eigenvalue weighted by atomic mass is 16.6. The molecule has 1 aromatic rings. The Hall–Kier alpha value is -2.18. The highest BCUT2D eigenvalue weighted by Crippen LogP contribution is 2.72. The van der Waals surface area contributed by atoms with Crippen LogP contribution in [0, 0.1) is 16.7 Å². The van der Waals surface area contributed by atoms with Crippen LogP contribution in [0.5, 0.6) is 0 Å². The number of esters is 2. The standard InChI is InChI=1S/C29H36O6/c1-25-14-15-28(17-24(31)32-18-28)35-26(25,2)16-22(27(3)21(25)10-7-13-29(27)19-33-29)34-23(30)12-11-20-8-5-4-6-9-20/h4-6,8-9,11-12,21-22H,7,10,13-19H2,1-3H3. The number of benzene rings is 1. The summed E-state index contributed by atoms with van der Waals surface area (Å²) in [5.74, 6) is -0.233. The third-order valence-corrected chi connectivity index (χ3v) is 10.5. The molecule has 0 bridgehead atoms. The van der Waals surface area contributed by atoms with Gasteiger partial charge in [0, 0.05) is 23.3 Å². The summed E-state index contributed by atoms with van der Waals surface area (Å²) in [7, 11) is 0. The summed E-state index contributed by atoms with van der Waals surface area (Å²) >= 11 is 0. The zero-order valence-corrected chi connectivity index (χ0v) is 21.0. The Labute approximate surface area is 207 Å². The van der Waals surface area contributed by atoms with Crippen molar-refractivity contribution in [2.24, 2.45) is 16.7 Å². The van der Waals surface area contributed by atoms with Crippen molar-refractivity contribution in [1.29, 1.82) is 0 Å². The summed E-state index contributed by atoms with van der Waals surface area (Å²) in [6.45, 7) is 7.87. The van der Waals surface area contributed by atoms with Crippen LogP contribution in [0.3, 0.4) is 0 Å². The molecule has 6 nitrogen and oxygen atoms in total. The third-order valence-electron chi connectivity index (χ3n) is 10.5. The van der Waals surface area contributed by atoms with E-state index < -0.39 is 11.2 Å². The van der Waals surface area contributed by atoms with E-state index in [0.717, 1.165) is 44.3 Å². The lowest BCUT2D eigenvalue weighted by Crippen LogP contribution is -2.72. The minimum atomic E-state index is -0.566. The van der Waals surface area contributed by atoms with Gasteiger partial charge in [-0.3, -0.25) is 4.79 Å². The third kappa shape index (κ3) is 3.36. The summed E-state index contributed by atoms with van der Waals surface area (Å²) in [4.78, 5) is 25.2. The zero-order chi connectivity index (χ0) is 24.5. The number of carbonyl (C=O) groups excluding carboxylic acids is 2. The van der Waals surface area contributed by atoms with Gasteiger partial charge >= 0.3 is 11.9 Å². The molecule has 7 atom stereocenters. The fourth-order valence-corrected chi connectivity index (χ4v) is 8.18. The molecule has 188 valence electrons. The van der Waals surface area contributed by atoms with Gasteiger partial charge < -0.3 is 18.9 Å². The topological polar surface area (TPSA) is 74.4 Å². The predicted octanol–water partition coefficient (Wildman–Crippen LogP) is 4.85. The molecule has 5 aliphatic rings. The van der Waals surface area contributed by atoms with Gasteiger partial charge in [-0.05, 0) is 50.2 Å². The maximum Gasteiger partial charge on any atom is 0.331 e. The minimum absolute atomic E-state index is 0.110. The van der Waals surface area contributed by atoms with Crippen molar-refractivity contribution in [3.8, 4) is 0 Å². The second-order valence-electron chi connectivity index (χ2n) is 12.2. The highest BCUT2D eigenvalue weighted by molar-refractivity contribution is 5.87. The van der Waals surface area contributed by atoms with Gasteiger partial charge in [-0.1, -0.05) is 50.6 Å². The molecule has 3 aliphatic heterocycles. The van der Waals surface area contributed by atoms with Crippen LogP contribution in [-0.2, 0) is 28.5 Å². The van der Waals surface area contributed by atoms with Crippen molar-refractivity contribution < 1.29 is 28.5 Å². The predicted molar refractivity (Wildman–Crippen MR) is 129 cm³/mol. The molecular formula is C29H36O6. The smallest absolute Gasteiger partial charge is 0.331 e. The van der Waals surface area contributed by atoms with E-state index in [1.54, 1.807) is 6.08 Å². The lowest BCUT2D eigenvalue weighted by Gasteiger charge is -2.68. The van der Waals surface area contributed by atoms with Gasteiger partial charge in [0.05, 0.1) is 18.6 Å². The van der Waals surface area contributed by atoms with E-state index >= 15 is 0 Å². The van der Waals surface area contributed by atoms with Crippen LogP contribution in [0.2, 0.25) is 0 Å². The normalized spacial score (nSPS) is 46.3. The van der Waals surface area contributed by atoms with Crippen LogP contribution in [0.25, 0.3) is 6.08 Å². The number of hydrogen-bond acceptors (Lipinski definition) is 6. The Morgan fingerprint density at radius 1 is 1.09 bits per heavy atom. The fourth-order valence-electron chi connectivity index (χ4n) is 8.18. The van der Waals surface area contributed by atoms with Crippen LogP contribution in [-0.4, -0.2) is 48.1 Å². The van der Waals surface area contributed by atoms with Crippen LogP contribution in [0.4, 0.5) is 0 Å². The molecule has 3 saturated heterocycles. The summed E-state index contributed by atoms with van der Waals surface area (Å²) < 4.78 is 24.8. The van der Waals surface area contributed by atoms with Crippen molar-refractivity contribution in [1.82, 2.24) is 0 Å². The molecule has 0 aromatic heterocycles. The minimum Gasteiger partial charge on any atom is -0.463 e. The van der Waals surface area contributed by atoms with E-state index in [-0.39, 0.29) is 40.4 Å². The number of ether oxygens (including phenoxy) is 4. The van der Waals surface area contributed by atoms with E-state index in [2.05, 4.69) is 20.8 Å². The zero-order valence-electron chi connectivity index (χ0n) is 21.0. The van der Waals surface area contributed by atoms with Gasteiger partial charge in [0.1, 0.15) is 23.9 Å². The number of carbonyl (C=O) groups is 2. The molecule has 1 aromatic carbocycles. The maximum atomic E-state index is 13.1. The van der Waals surface area contributed by atoms with Crippen LogP contribution < -0.4 is 0 Å². The van der Waals surface area contributed by atoms with Gasteiger partial charge in [-0.25, -0.2) is 4.79 Å². The van der Waals surface area contributed by atoms with E-state index in [1.807, 2.05) is 30.3 Å². The Balaban J connectivity index is 1.33. The summed E-state index contributed by atoms with van der Waals surface area (Å²) in [5, 5.41) is 0. The van der Waals surface area contributed by atoms with E-state index in [9.17, 15) is 9.59 Å². The lowest BCUT2D eigenvalue weighted by atomic mass is 9.41. The Morgan fingerprint density at radius 2 is 1.86 bits per heavy atom. The molecule has 6 heteroatoms. The summed E-state index contributed by atoms with van der Waals surface area (Å²) in [5.41, 5.74) is -0.767. The molecule has 0 radical (unpaired) electrons. The first-order valence-electron chi connectivity index (χ1n) is 13.1. The van der Waals surface area contributed by atoms with Crippen molar-refractivity contribution in [2.75, 3.05) is 13.2 Å². The summed E-state index contributed by atoms with van der Waals surface area (Å²) in [6, 6.07) is 9.77. The number of hydrogen-bond donors (Lipinski definition) is 0. The van der Waals surface area contributed by atoms with Crippen molar-refractivity contribution in [3.63, 3.8) is 0 Å². The Bertz CT molecular complexity index is 1060. The highest BCUT2D eigenvalue weighted by Gasteiger charge is 2.76. The molecule has 0 amide bonds. The first kappa shape index (κ1) is 23.2. The molecule has 6 rings (SSSR count). The average Bonchev–Trinajstić information content (AvgIpc) is 3.53. The van der Waals surface area contributed by atoms with E-state index in [4.69, 9.17) is 18.9 Å². The largest absolute Gasteiger partial charge is 0.463 e. The fraction of sp³-hybridized carbons (Fsp3) is 0.655. The summed E-state index contributed by atoms with van der Waals surface area (Å²) in [6.07, 6.45) is 8.83. The van der Waals surface area contributed by atoms with Gasteiger partial charge in [0.2, 0.25) is 0 Å². The number of epoxide rings is 1. The van der Waals surface area contributed by atoms with Gasteiger partial charge in [0.25, 0.3) is 0 Å². The first-order chi connectivity index (χ1) is 16.6. The molecule has 0 N–H and O–H groups in total. The molecule has 5 fully saturated rings. The average molecular weight is 481 g/mol. The van der Waals surface area contributed by atoms with Crippen LogP contribution in [0.1, 0.15) is 71.3 Å². The SMILES string of the molecule is CC12CC(OC(=O)C=Cc3ccccc3)C3(C)C(CCCC34CO4)C1(C)CCC1(COC(=O)C1)O2. The molecule has 35 heavy (non-hydrogen) atoms. The number of cyclic esters (lactones) is 1. The second-order valence-corrected chi connectivity index (χ2v) is 12.2. The quantitative estimate of drug-likeness (QED) is 0.350. The van der Waals surface area contributed by atoms with Crippen molar-refractivity contribution >= 4 is 18.0 Å². The molecule has 2 aliphatic carbocycles. The van der Waals surface area contributed by atoms with Crippen LogP contribution >= 0.6 is 0 Å². The first-order valence-corrected chi connectivity index (χ1v) is 13.1.